The quantitative estimate of drug-likeness (QED) is 0.654. The Morgan fingerprint density at radius 2 is 1.71 bits per heavy atom. The van der Waals surface area contributed by atoms with Gasteiger partial charge in [-0.2, -0.15) is 5.10 Å². The molecule has 2 amide bonds. The topological polar surface area (TPSA) is 108 Å². The number of aromatic nitrogens is 2. The molecule has 8 nitrogen and oxygen atoms in total. The number of rotatable bonds is 7. The first-order valence-corrected chi connectivity index (χ1v) is 8.47. The number of ether oxygens (including phenoxy) is 2. The van der Waals surface area contributed by atoms with Gasteiger partial charge in [0.1, 0.15) is 23.8 Å². The molecule has 8 heteroatoms. The number of benzene rings is 2. The van der Waals surface area contributed by atoms with Crippen LogP contribution >= 0.6 is 0 Å². The van der Waals surface area contributed by atoms with Crippen molar-refractivity contribution >= 4 is 17.5 Å². The fourth-order valence-electron chi connectivity index (χ4n) is 2.61. The van der Waals surface area contributed by atoms with Crippen molar-refractivity contribution in [3.63, 3.8) is 0 Å². The second-order valence-electron chi connectivity index (χ2n) is 6.01. The largest absolute Gasteiger partial charge is 0.497 e. The van der Waals surface area contributed by atoms with E-state index < -0.39 is 5.91 Å². The lowest BCUT2D eigenvalue weighted by Gasteiger charge is -2.08. The molecule has 0 aliphatic carbocycles. The third kappa shape index (κ3) is 4.29. The molecule has 0 saturated heterocycles. The fraction of sp³-hybridized carbons (Fsp3) is 0.150. The number of carbonyl (C=O) groups is 2. The molecular formula is C20H20N4O4. The number of nitrogens with one attached hydrogen (secondary N) is 1. The molecule has 0 unspecified atom stereocenters. The molecule has 0 fully saturated rings. The number of hydrogen-bond acceptors (Lipinski definition) is 5. The molecule has 0 saturated carbocycles. The molecule has 0 atom stereocenters. The summed E-state index contributed by atoms with van der Waals surface area (Å²) in [5, 5.41) is 6.59. The predicted molar refractivity (Wildman–Crippen MR) is 103 cm³/mol. The smallest absolute Gasteiger partial charge is 0.269 e. The summed E-state index contributed by atoms with van der Waals surface area (Å²) in [6, 6.07) is 14.3. The molecule has 1 aromatic heterocycles. The van der Waals surface area contributed by atoms with Crippen LogP contribution in [0.15, 0.2) is 54.7 Å². The third-order valence-corrected chi connectivity index (χ3v) is 4.10. The van der Waals surface area contributed by atoms with Gasteiger partial charge in [-0.15, -0.1) is 0 Å². The molecule has 144 valence electrons. The highest BCUT2D eigenvalue weighted by atomic mass is 16.5. The van der Waals surface area contributed by atoms with Crippen molar-refractivity contribution in [2.24, 2.45) is 12.8 Å². The standard InChI is InChI=1S/C20H20N4O4/c1-24-18(19(21)25)17(11-22-24)23-20(26)14-5-3-13(4-6-14)12-28-16-9-7-15(27-2)8-10-16/h3-11H,12H2,1-2H3,(H2,21,25)(H,23,26). The Labute approximate surface area is 161 Å². The number of aryl methyl sites for hydroxylation is 1. The Balaban J connectivity index is 1.62. The molecule has 2 aromatic carbocycles. The summed E-state index contributed by atoms with van der Waals surface area (Å²) in [4.78, 5) is 23.9. The zero-order valence-corrected chi connectivity index (χ0v) is 15.5. The average molecular weight is 380 g/mol. The summed E-state index contributed by atoms with van der Waals surface area (Å²) < 4.78 is 12.1. The van der Waals surface area contributed by atoms with Gasteiger partial charge in [-0.25, -0.2) is 0 Å². The van der Waals surface area contributed by atoms with Gasteiger partial charge in [0.15, 0.2) is 0 Å². The van der Waals surface area contributed by atoms with Crippen molar-refractivity contribution in [1.29, 1.82) is 0 Å². The highest BCUT2D eigenvalue weighted by molar-refractivity contribution is 6.08. The van der Waals surface area contributed by atoms with Gasteiger partial charge in [-0.1, -0.05) is 12.1 Å². The zero-order valence-electron chi connectivity index (χ0n) is 15.5. The normalized spacial score (nSPS) is 10.4. The van der Waals surface area contributed by atoms with Crippen LogP contribution in [0.25, 0.3) is 0 Å². The Morgan fingerprint density at radius 1 is 1.07 bits per heavy atom. The van der Waals surface area contributed by atoms with Gasteiger partial charge in [-0.3, -0.25) is 14.3 Å². The maximum atomic E-state index is 12.4. The van der Waals surface area contributed by atoms with E-state index in [2.05, 4.69) is 10.4 Å². The Hall–Kier alpha value is -3.81. The number of nitrogens with zero attached hydrogens (tertiary/aromatic N) is 2. The lowest BCUT2D eigenvalue weighted by Crippen LogP contribution is -2.20. The number of methoxy groups -OCH3 is 1. The van der Waals surface area contributed by atoms with Crippen LogP contribution in [0.4, 0.5) is 5.69 Å². The summed E-state index contributed by atoms with van der Waals surface area (Å²) in [5.74, 6) is 0.452. The third-order valence-electron chi connectivity index (χ3n) is 4.10. The van der Waals surface area contributed by atoms with Crippen LogP contribution in [0.3, 0.4) is 0 Å². The molecule has 0 spiro atoms. The first-order valence-electron chi connectivity index (χ1n) is 8.47. The van der Waals surface area contributed by atoms with E-state index in [-0.39, 0.29) is 17.3 Å². The van der Waals surface area contributed by atoms with E-state index in [0.29, 0.717) is 12.2 Å². The molecule has 3 rings (SSSR count). The number of anilines is 1. The monoisotopic (exact) mass is 380 g/mol. The fourth-order valence-corrected chi connectivity index (χ4v) is 2.61. The molecule has 3 aromatic rings. The maximum absolute atomic E-state index is 12.4. The average Bonchev–Trinajstić information content (AvgIpc) is 3.07. The maximum Gasteiger partial charge on any atom is 0.269 e. The van der Waals surface area contributed by atoms with Crippen molar-refractivity contribution in [3.8, 4) is 11.5 Å². The molecule has 28 heavy (non-hydrogen) atoms. The lowest BCUT2D eigenvalue weighted by atomic mass is 10.1. The highest BCUT2D eigenvalue weighted by Gasteiger charge is 2.16. The van der Waals surface area contributed by atoms with E-state index in [9.17, 15) is 9.59 Å². The van der Waals surface area contributed by atoms with Gasteiger partial charge in [0.25, 0.3) is 11.8 Å². The van der Waals surface area contributed by atoms with E-state index in [1.807, 2.05) is 24.3 Å². The SMILES string of the molecule is COc1ccc(OCc2ccc(C(=O)Nc3cnn(C)c3C(N)=O)cc2)cc1. The Morgan fingerprint density at radius 3 is 2.32 bits per heavy atom. The zero-order chi connectivity index (χ0) is 20.1. The van der Waals surface area contributed by atoms with Crippen molar-refractivity contribution in [2.45, 2.75) is 6.61 Å². The van der Waals surface area contributed by atoms with Crippen LogP contribution in [0.5, 0.6) is 11.5 Å². The van der Waals surface area contributed by atoms with E-state index in [0.717, 1.165) is 17.1 Å². The number of carbonyl (C=O) groups excluding carboxylic acids is 2. The number of nitrogens with two attached hydrogens (primary N) is 1. The van der Waals surface area contributed by atoms with E-state index in [1.165, 1.54) is 10.9 Å². The van der Waals surface area contributed by atoms with Gasteiger partial charge in [0, 0.05) is 12.6 Å². The molecule has 0 aliphatic heterocycles. The van der Waals surface area contributed by atoms with Crippen LogP contribution in [-0.4, -0.2) is 28.7 Å². The second kappa shape index (κ2) is 8.26. The summed E-state index contributed by atoms with van der Waals surface area (Å²) >= 11 is 0. The van der Waals surface area contributed by atoms with Crippen LogP contribution < -0.4 is 20.5 Å². The second-order valence-corrected chi connectivity index (χ2v) is 6.01. The van der Waals surface area contributed by atoms with Crippen molar-refractivity contribution < 1.29 is 19.1 Å². The molecule has 0 bridgehead atoms. The number of primary amides is 1. The van der Waals surface area contributed by atoms with Gasteiger partial charge < -0.3 is 20.5 Å². The first-order chi connectivity index (χ1) is 13.5. The number of hydrogen-bond donors (Lipinski definition) is 2. The first kappa shape index (κ1) is 19.0. The van der Waals surface area contributed by atoms with Crippen LogP contribution in [0.2, 0.25) is 0 Å². The predicted octanol–water partition coefficient (Wildman–Crippen LogP) is 2.36. The van der Waals surface area contributed by atoms with Crippen LogP contribution in [0.1, 0.15) is 26.4 Å². The van der Waals surface area contributed by atoms with E-state index in [4.69, 9.17) is 15.2 Å². The molecule has 0 radical (unpaired) electrons. The van der Waals surface area contributed by atoms with Crippen molar-refractivity contribution in [1.82, 2.24) is 9.78 Å². The van der Waals surface area contributed by atoms with Crippen LogP contribution in [-0.2, 0) is 13.7 Å². The Kier molecular flexibility index (Phi) is 5.59. The van der Waals surface area contributed by atoms with Crippen LogP contribution in [0, 0.1) is 0 Å². The molecule has 3 N–H and O–H groups in total. The summed E-state index contributed by atoms with van der Waals surface area (Å²) in [7, 11) is 3.18. The molecular weight excluding hydrogens is 360 g/mol. The summed E-state index contributed by atoms with van der Waals surface area (Å²) in [5.41, 5.74) is 7.07. The van der Waals surface area contributed by atoms with Gasteiger partial charge in [0.2, 0.25) is 0 Å². The summed E-state index contributed by atoms with van der Waals surface area (Å²) in [6.07, 6.45) is 1.38. The number of amides is 2. The van der Waals surface area contributed by atoms with E-state index in [1.54, 1.807) is 38.4 Å². The summed E-state index contributed by atoms with van der Waals surface area (Å²) in [6.45, 7) is 0.364. The van der Waals surface area contributed by atoms with Gasteiger partial charge >= 0.3 is 0 Å². The molecule has 0 aliphatic rings. The minimum absolute atomic E-state index is 0.137. The van der Waals surface area contributed by atoms with Gasteiger partial charge in [-0.05, 0) is 42.0 Å². The minimum Gasteiger partial charge on any atom is -0.497 e. The van der Waals surface area contributed by atoms with Gasteiger partial charge in [0.05, 0.1) is 19.0 Å². The van der Waals surface area contributed by atoms with Crippen molar-refractivity contribution in [3.05, 3.63) is 71.5 Å². The van der Waals surface area contributed by atoms with E-state index >= 15 is 0 Å². The van der Waals surface area contributed by atoms with Crippen molar-refractivity contribution in [2.75, 3.05) is 12.4 Å². The highest BCUT2D eigenvalue weighted by Crippen LogP contribution is 2.19. The lowest BCUT2D eigenvalue weighted by molar-refractivity contribution is 0.0992. The Bertz CT molecular complexity index is 978. The minimum atomic E-state index is -0.665. The molecule has 1 heterocycles.